The summed E-state index contributed by atoms with van der Waals surface area (Å²) in [5.41, 5.74) is 2.61. The highest BCUT2D eigenvalue weighted by Crippen LogP contribution is 2.23. The van der Waals surface area contributed by atoms with Crippen molar-refractivity contribution in [1.29, 1.82) is 0 Å². The highest BCUT2D eigenvalue weighted by molar-refractivity contribution is 7.90. The predicted molar refractivity (Wildman–Crippen MR) is 101 cm³/mol. The third-order valence-corrected chi connectivity index (χ3v) is 5.58. The van der Waals surface area contributed by atoms with Crippen LogP contribution >= 0.6 is 0 Å². The van der Waals surface area contributed by atoms with Gasteiger partial charge < -0.3 is 4.42 Å². The van der Waals surface area contributed by atoms with Gasteiger partial charge in [-0.05, 0) is 24.6 Å². The third-order valence-electron chi connectivity index (χ3n) is 4.09. The smallest absolute Gasteiger partial charge is 0.232 e. The number of rotatable bonds is 5. The summed E-state index contributed by atoms with van der Waals surface area (Å²) < 4.78 is 33.0. The van der Waals surface area contributed by atoms with Crippen molar-refractivity contribution in [2.24, 2.45) is 0 Å². The molecule has 4 aromatic rings. The minimum absolute atomic E-state index is 0.0347. The van der Waals surface area contributed by atoms with Crippen LogP contribution in [0, 0.1) is 6.92 Å². The molecule has 0 atom stereocenters. The summed E-state index contributed by atoms with van der Waals surface area (Å²) in [6.45, 7) is 1.95. The van der Waals surface area contributed by atoms with Crippen LogP contribution < -0.4 is 0 Å². The Bertz CT molecular complexity index is 1180. The first-order valence-corrected chi connectivity index (χ1v) is 10.0. The molecule has 6 nitrogen and oxygen atoms in total. The van der Waals surface area contributed by atoms with Crippen LogP contribution in [0.15, 0.2) is 82.8 Å². The number of hydrogen-bond donors (Lipinski definition) is 0. The Balaban J connectivity index is 1.64. The number of oxazole rings is 1. The van der Waals surface area contributed by atoms with Gasteiger partial charge in [0.05, 0.1) is 6.20 Å². The van der Waals surface area contributed by atoms with Crippen molar-refractivity contribution in [2.45, 2.75) is 17.8 Å². The molecule has 0 N–H and O–H groups in total. The van der Waals surface area contributed by atoms with Crippen LogP contribution in [-0.4, -0.2) is 23.0 Å². The van der Waals surface area contributed by atoms with Crippen LogP contribution in [0.4, 0.5) is 0 Å². The van der Waals surface area contributed by atoms with Crippen molar-refractivity contribution in [2.75, 3.05) is 0 Å². The number of hydrogen-bond acceptors (Lipinski definition) is 5. The van der Waals surface area contributed by atoms with Gasteiger partial charge in [0.1, 0.15) is 5.75 Å². The Morgan fingerprint density at radius 2 is 1.85 bits per heavy atom. The largest absolute Gasteiger partial charge is 0.440 e. The average molecular weight is 379 g/mol. The molecule has 27 heavy (non-hydrogen) atoms. The molecule has 136 valence electrons. The van der Waals surface area contributed by atoms with Crippen LogP contribution in [-0.2, 0) is 15.6 Å². The summed E-state index contributed by atoms with van der Waals surface area (Å²) in [4.78, 5) is 8.18. The molecule has 2 heterocycles. The number of aryl methyl sites for hydroxylation is 1. The maximum Gasteiger partial charge on any atom is 0.232 e. The van der Waals surface area contributed by atoms with Crippen molar-refractivity contribution in [3.63, 3.8) is 0 Å². The van der Waals surface area contributed by atoms with E-state index in [4.69, 9.17) is 4.42 Å². The fourth-order valence-electron chi connectivity index (χ4n) is 2.83. The lowest BCUT2D eigenvalue weighted by atomic mass is 10.2. The molecule has 0 aliphatic rings. The number of imidazole rings is 1. The summed E-state index contributed by atoms with van der Waals surface area (Å²) in [6, 6.07) is 17.0. The molecule has 4 rings (SSSR count). The molecule has 0 fully saturated rings. The molecule has 0 bridgehead atoms. The quantitative estimate of drug-likeness (QED) is 0.527. The summed E-state index contributed by atoms with van der Waals surface area (Å²) in [7, 11) is -3.73. The van der Waals surface area contributed by atoms with Crippen LogP contribution in [0.5, 0.6) is 0 Å². The fourth-order valence-corrected chi connectivity index (χ4v) is 4.11. The summed E-state index contributed by atoms with van der Waals surface area (Å²) in [5, 5.41) is -0.0347. The van der Waals surface area contributed by atoms with Gasteiger partial charge >= 0.3 is 0 Å². The first-order valence-electron chi connectivity index (χ1n) is 8.36. The Morgan fingerprint density at radius 3 is 2.63 bits per heavy atom. The van der Waals surface area contributed by atoms with Gasteiger partial charge in [0, 0.05) is 23.6 Å². The molecule has 0 aliphatic heterocycles. The van der Waals surface area contributed by atoms with Crippen molar-refractivity contribution < 1.29 is 12.8 Å². The zero-order valence-electron chi connectivity index (χ0n) is 14.6. The molecule has 0 saturated carbocycles. The summed E-state index contributed by atoms with van der Waals surface area (Å²) >= 11 is 0. The first-order chi connectivity index (χ1) is 13.0. The maximum atomic E-state index is 12.9. The predicted octanol–water partition coefficient (Wildman–Crippen LogP) is 3.81. The second kappa shape index (κ2) is 6.85. The Morgan fingerprint density at radius 1 is 1.04 bits per heavy atom. The molecule has 0 amide bonds. The molecule has 2 aromatic heterocycles. The highest BCUT2D eigenvalue weighted by atomic mass is 32.2. The van der Waals surface area contributed by atoms with Gasteiger partial charge in [-0.15, -0.1) is 0 Å². The van der Waals surface area contributed by atoms with E-state index in [0.717, 1.165) is 16.8 Å². The van der Waals surface area contributed by atoms with Gasteiger partial charge in [-0.3, -0.25) is 4.57 Å². The number of benzene rings is 2. The lowest BCUT2D eigenvalue weighted by molar-refractivity contribution is 0.517. The van der Waals surface area contributed by atoms with Crippen LogP contribution in [0.1, 0.15) is 11.5 Å². The normalized spacial score (nSPS) is 11.6. The molecule has 0 radical (unpaired) electrons. The van der Waals surface area contributed by atoms with Gasteiger partial charge in [0.25, 0.3) is 0 Å². The molecule has 7 heteroatoms. The van der Waals surface area contributed by atoms with E-state index in [1.807, 2.05) is 61.5 Å². The average Bonchev–Trinajstić information content (AvgIpc) is 3.32. The molecule has 0 saturated heterocycles. The van der Waals surface area contributed by atoms with E-state index in [1.165, 1.54) is 12.4 Å². The molecule has 0 aliphatic carbocycles. The van der Waals surface area contributed by atoms with Crippen molar-refractivity contribution >= 4 is 9.84 Å². The number of nitrogens with zero attached hydrogens (tertiary/aromatic N) is 3. The van der Waals surface area contributed by atoms with E-state index in [0.29, 0.717) is 5.76 Å². The molecular formula is C20H17N3O3S. The number of aromatic nitrogens is 3. The minimum atomic E-state index is -3.73. The van der Waals surface area contributed by atoms with Gasteiger partial charge in [-0.25, -0.2) is 18.4 Å². The second-order valence-corrected chi connectivity index (χ2v) is 8.05. The SMILES string of the molecule is Cc1cccc(-n2ccnc2S(=O)(=O)Cc2ncc(-c3ccccc3)o2)c1. The van der Waals surface area contributed by atoms with Crippen LogP contribution in [0.25, 0.3) is 17.0 Å². The molecule has 0 unspecified atom stereocenters. The van der Waals surface area contributed by atoms with Crippen molar-refractivity contribution in [1.82, 2.24) is 14.5 Å². The topological polar surface area (TPSA) is 78.0 Å². The Hall–Kier alpha value is -3.19. The van der Waals surface area contributed by atoms with Crippen molar-refractivity contribution in [3.8, 4) is 17.0 Å². The summed E-state index contributed by atoms with van der Waals surface area (Å²) in [5.74, 6) is 0.304. The molecule has 2 aromatic carbocycles. The third kappa shape index (κ3) is 3.54. The zero-order valence-corrected chi connectivity index (χ0v) is 15.4. The van der Waals surface area contributed by atoms with E-state index in [2.05, 4.69) is 9.97 Å². The molecular weight excluding hydrogens is 362 g/mol. The standard InChI is InChI=1S/C20H17N3O3S/c1-15-6-5-9-17(12-15)23-11-10-21-20(23)27(24,25)14-19-22-13-18(26-19)16-7-3-2-4-8-16/h2-13H,14H2,1H3. The first kappa shape index (κ1) is 17.2. The van der Waals surface area contributed by atoms with E-state index in [1.54, 1.807) is 10.8 Å². The maximum absolute atomic E-state index is 12.9. The van der Waals surface area contributed by atoms with Gasteiger partial charge in [0.2, 0.25) is 20.9 Å². The lowest BCUT2D eigenvalue weighted by Crippen LogP contribution is -2.12. The fraction of sp³-hybridized carbons (Fsp3) is 0.100. The van der Waals surface area contributed by atoms with Crippen molar-refractivity contribution in [3.05, 3.63) is 84.6 Å². The van der Waals surface area contributed by atoms with E-state index in [9.17, 15) is 8.42 Å². The number of sulfone groups is 1. The molecule has 0 spiro atoms. The Kier molecular flexibility index (Phi) is 4.37. The van der Waals surface area contributed by atoms with E-state index < -0.39 is 9.84 Å². The Labute approximate surface area is 157 Å². The monoisotopic (exact) mass is 379 g/mol. The van der Waals surface area contributed by atoms with E-state index in [-0.39, 0.29) is 16.8 Å². The highest BCUT2D eigenvalue weighted by Gasteiger charge is 2.24. The van der Waals surface area contributed by atoms with Gasteiger partial charge in [0.15, 0.2) is 5.76 Å². The van der Waals surface area contributed by atoms with E-state index >= 15 is 0 Å². The summed E-state index contributed by atoms with van der Waals surface area (Å²) in [6.07, 6.45) is 4.64. The lowest BCUT2D eigenvalue weighted by Gasteiger charge is -2.08. The van der Waals surface area contributed by atoms with Crippen LogP contribution in [0.3, 0.4) is 0 Å². The zero-order chi connectivity index (χ0) is 18.9. The van der Waals surface area contributed by atoms with Crippen LogP contribution in [0.2, 0.25) is 0 Å². The van der Waals surface area contributed by atoms with Gasteiger partial charge in [-0.2, -0.15) is 0 Å². The minimum Gasteiger partial charge on any atom is -0.440 e. The second-order valence-electron chi connectivity index (χ2n) is 6.16. The van der Waals surface area contributed by atoms with Gasteiger partial charge in [-0.1, -0.05) is 42.5 Å².